The fourth-order valence-corrected chi connectivity index (χ4v) is 1.52. The summed E-state index contributed by atoms with van der Waals surface area (Å²) in [5.41, 5.74) is 2.83. The number of phenolic OH excluding ortho intramolecular Hbond substituents is 1. The zero-order valence-corrected chi connectivity index (χ0v) is 8.88. The molecule has 1 aromatic carbocycles. The topological polar surface area (TPSA) is 20.2 Å². The molecule has 0 aromatic heterocycles. The van der Waals surface area contributed by atoms with Gasteiger partial charge in [-0.2, -0.15) is 0 Å². The van der Waals surface area contributed by atoms with Crippen LogP contribution in [0.15, 0.2) is 30.9 Å². The molecule has 2 heteroatoms. The van der Waals surface area contributed by atoms with Gasteiger partial charge in [-0.3, -0.25) is 0 Å². The second kappa shape index (κ2) is 4.87. The Morgan fingerprint density at radius 2 is 2.21 bits per heavy atom. The van der Waals surface area contributed by atoms with Gasteiger partial charge in [0.05, 0.1) is 0 Å². The molecule has 0 aliphatic heterocycles. The van der Waals surface area contributed by atoms with E-state index in [-0.39, 0.29) is 0 Å². The van der Waals surface area contributed by atoms with Crippen LogP contribution in [0.25, 0.3) is 6.08 Å². The van der Waals surface area contributed by atoms with Crippen molar-refractivity contribution in [3.05, 3.63) is 47.6 Å². The first kappa shape index (κ1) is 10.9. The number of allylic oxidation sites excluding steroid dienone is 2. The van der Waals surface area contributed by atoms with Crippen LogP contribution < -0.4 is 0 Å². The van der Waals surface area contributed by atoms with Gasteiger partial charge in [0.25, 0.3) is 0 Å². The molecule has 0 aliphatic carbocycles. The summed E-state index contributed by atoms with van der Waals surface area (Å²) in [5, 5.41) is 9.52. The van der Waals surface area contributed by atoms with Crippen molar-refractivity contribution in [1.29, 1.82) is 0 Å². The molecule has 1 N–H and O–H groups in total. The second-order valence-corrected chi connectivity index (χ2v) is 3.28. The van der Waals surface area contributed by atoms with Crippen molar-refractivity contribution >= 4 is 17.7 Å². The molecule has 0 bridgehead atoms. The van der Waals surface area contributed by atoms with Crippen LogP contribution in [0.5, 0.6) is 5.75 Å². The average molecular weight is 209 g/mol. The molecule has 0 atom stereocenters. The smallest absolute Gasteiger partial charge is 0.119 e. The van der Waals surface area contributed by atoms with Crippen molar-refractivity contribution < 1.29 is 5.11 Å². The molecule has 0 radical (unpaired) electrons. The maximum atomic E-state index is 9.52. The highest BCUT2D eigenvalue weighted by atomic mass is 35.5. The number of halogens is 1. The van der Waals surface area contributed by atoms with Gasteiger partial charge < -0.3 is 5.11 Å². The SMILES string of the molecule is C=C/C=C\c1c(CCl)ccc(O)c1C. The normalized spacial score (nSPS) is 10.7. The summed E-state index contributed by atoms with van der Waals surface area (Å²) >= 11 is 5.79. The highest BCUT2D eigenvalue weighted by Crippen LogP contribution is 2.25. The Bertz CT molecular complexity index is 367. The molecule has 0 unspecified atom stereocenters. The monoisotopic (exact) mass is 208 g/mol. The van der Waals surface area contributed by atoms with Crippen LogP contribution in [0.4, 0.5) is 0 Å². The Hall–Kier alpha value is -1.21. The lowest BCUT2D eigenvalue weighted by molar-refractivity contribution is 0.471. The van der Waals surface area contributed by atoms with E-state index in [2.05, 4.69) is 6.58 Å². The van der Waals surface area contributed by atoms with Gasteiger partial charge in [-0.15, -0.1) is 11.6 Å². The Morgan fingerprint density at radius 3 is 2.79 bits per heavy atom. The van der Waals surface area contributed by atoms with E-state index < -0.39 is 0 Å². The van der Waals surface area contributed by atoms with Crippen molar-refractivity contribution in [1.82, 2.24) is 0 Å². The molecule has 0 fully saturated rings. The molecular formula is C12H13ClO. The van der Waals surface area contributed by atoms with E-state index in [1.165, 1.54) is 0 Å². The molecule has 0 aliphatic rings. The van der Waals surface area contributed by atoms with Crippen LogP contribution in [0.3, 0.4) is 0 Å². The quantitative estimate of drug-likeness (QED) is 0.594. The molecule has 1 rings (SSSR count). The van der Waals surface area contributed by atoms with E-state index >= 15 is 0 Å². The highest BCUT2D eigenvalue weighted by molar-refractivity contribution is 6.17. The Labute approximate surface area is 89.3 Å². The van der Waals surface area contributed by atoms with E-state index in [0.29, 0.717) is 11.6 Å². The zero-order valence-electron chi connectivity index (χ0n) is 8.13. The highest BCUT2D eigenvalue weighted by Gasteiger charge is 2.05. The number of hydrogen-bond acceptors (Lipinski definition) is 1. The van der Waals surface area contributed by atoms with E-state index in [9.17, 15) is 5.11 Å². The minimum atomic E-state index is 0.294. The zero-order chi connectivity index (χ0) is 10.6. The van der Waals surface area contributed by atoms with Gasteiger partial charge in [-0.1, -0.05) is 30.9 Å². The first-order valence-electron chi connectivity index (χ1n) is 4.37. The van der Waals surface area contributed by atoms with E-state index in [0.717, 1.165) is 16.7 Å². The molecule has 0 heterocycles. The first-order valence-corrected chi connectivity index (χ1v) is 4.90. The van der Waals surface area contributed by atoms with E-state index in [4.69, 9.17) is 11.6 Å². The summed E-state index contributed by atoms with van der Waals surface area (Å²) < 4.78 is 0. The van der Waals surface area contributed by atoms with Crippen LogP contribution in [0, 0.1) is 6.92 Å². The third kappa shape index (κ3) is 2.18. The Morgan fingerprint density at radius 1 is 1.50 bits per heavy atom. The molecule has 74 valence electrons. The van der Waals surface area contributed by atoms with Crippen LogP contribution in [0.2, 0.25) is 0 Å². The molecule has 0 saturated heterocycles. The van der Waals surface area contributed by atoms with Crippen LogP contribution in [-0.4, -0.2) is 5.11 Å². The van der Waals surface area contributed by atoms with Gasteiger partial charge in [0.2, 0.25) is 0 Å². The van der Waals surface area contributed by atoms with Gasteiger partial charge in [0.1, 0.15) is 5.75 Å². The first-order chi connectivity index (χ1) is 6.70. The third-order valence-electron chi connectivity index (χ3n) is 2.12. The number of alkyl halides is 1. The van der Waals surface area contributed by atoms with Crippen LogP contribution in [0.1, 0.15) is 16.7 Å². The van der Waals surface area contributed by atoms with Gasteiger partial charge in [0.15, 0.2) is 0 Å². The molecule has 0 amide bonds. The molecule has 1 aromatic rings. The number of phenols is 1. The minimum absolute atomic E-state index is 0.294. The molecule has 1 nitrogen and oxygen atoms in total. The Balaban J connectivity index is 3.27. The van der Waals surface area contributed by atoms with Crippen LogP contribution in [-0.2, 0) is 5.88 Å². The lowest BCUT2D eigenvalue weighted by Gasteiger charge is -2.08. The molecular weight excluding hydrogens is 196 g/mol. The maximum Gasteiger partial charge on any atom is 0.119 e. The van der Waals surface area contributed by atoms with Gasteiger partial charge in [-0.25, -0.2) is 0 Å². The third-order valence-corrected chi connectivity index (χ3v) is 2.41. The standard InChI is InChI=1S/C12H13ClO/c1-3-4-5-11-9(2)12(14)7-6-10(11)8-13/h3-7,14H,1,8H2,2H3/b5-4-. The van der Waals surface area contributed by atoms with E-state index in [1.54, 1.807) is 12.1 Å². The predicted octanol–water partition coefficient (Wildman–Crippen LogP) is 3.64. The summed E-state index contributed by atoms with van der Waals surface area (Å²) in [5.74, 6) is 0.736. The summed E-state index contributed by atoms with van der Waals surface area (Å²) in [6, 6.07) is 3.50. The average Bonchev–Trinajstić information content (AvgIpc) is 2.20. The van der Waals surface area contributed by atoms with Gasteiger partial charge in [0, 0.05) is 5.88 Å². The van der Waals surface area contributed by atoms with E-state index in [1.807, 2.05) is 25.1 Å². The number of benzene rings is 1. The lowest BCUT2D eigenvalue weighted by atomic mass is 10.0. The van der Waals surface area contributed by atoms with Gasteiger partial charge in [-0.05, 0) is 29.7 Å². The van der Waals surface area contributed by atoms with Crippen molar-refractivity contribution in [3.63, 3.8) is 0 Å². The van der Waals surface area contributed by atoms with Crippen LogP contribution >= 0.6 is 11.6 Å². The summed E-state index contributed by atoms with van der Waals surface area (Å²) in [6.45, 7) is 5.47. The molecule has 0 saturated carbocycles. The van der Waals surface area contributed by atoms with Crippen molar-refractivity contribution in [2.24, 2.45) is 0 Å². The molecule has 14 heavy (non-hydrogen) atoms. The van der Waals surface area contributed by atoms with Crippen molar-refractivity contribution in [2.75, 3.05) is 0 Å². The number of rotatable bonds is 3. The minimum Gasteiger partial charge on any atom is -0.508 e. The van der Waals surface area contributed by atoms with Gasteiger partial charge >= 0.3 is 0 Å². The fourth-order valence-electron chi connectivity index (χ4n) is 1.29. The van der Waals surface area contributed by atoms with Crippen molar-refractivity contribution in [3.8, 4) is 5.75 Å². The largest absolute Gasteiger partial charge is 0.508 e. The number of aromatic hydroxyl groups is 1. The fraction of sp³-hybridized carbons (Fsp3) is 0.167. The second-order valence-electron chi connectivity index (χ2n) is 3.01. The summed E-state index contributed by atoms with van der Waals surface area (Å²) in [7, 11) is 0. The Kier molecular flexibility index (Phi) is 3.78. The lowest BCUT2D eigenvalue weighted by Crippen LogP contribution is -1.89. The van der Waals surface area contributed by atoms with Crippen molar-refractivity contribution in [2.45, 2.75) is 12.8 Å². The summed E-state index contributed by atoms with van der Waals surface area (Å²) in [6.07, 6.45) is 5.43. The summed E-state index contributed by atoms with van der Waals surface area (Å²) in [4.78, 5) is 0. The maximum absolute atomic E-state index is 9.52. The number of hydrogen-bond donors (Lipinski definition) is 1. The molecule has 0 spiro atoms. The predicted molar refractivity (Wildman–Crippen MR) is 61.6 cm³/mol.